The third kappa shape index (κ3) is 6.16. The molecule has 0 fully saturated rings. The van der Waals surface area contributed by atoms with E-state index < -0.39 is 6.09 Å². The Hall–Kier alpha value is -4.24. The van der Waals surface area contributed by atoms with Crippen LogP contribution in [0.25, 0.3) is 0 Å². The number of carbonyl (C=O) groups excluding carboxylic acids is 2. The van der Waals surface area contributed by atoms with Crippen LogP contribution < -0.4 is 24.3 Å². The van der Waals surface area contributed by atoms with E-state index in [1.807, 2.05) is 42.5 Å². The Bertz CT molecular complexity index is 1460. The number of nitrogens with zero attached hydrogens (tertiary/aromatic N) is 2. The Labute approximate surface area is 247 Å². The highest BCUT2D eigenvalue weighted by atomic mass is 16.6. The quantitative estimate of drug-likeness (QED) is 0.396. The van der Waals surface area contributed by atoms with Crippen LogP contribution in [0.4, 0.5) is 4.79 Å². The van der Waals surface area contributed by atoms with Gasteiger partial charge < -0.3 is 29.2 Å². The maximum absolute atomic E-state index is 13.5. The van der Waals surface area contributed by atoms with Gasteiger partial charge in [-0.25, -0.2) is 4.79 Å². The zero-order valence-corrected chi connectivity index (χ0v) is 24.9. The molecule has 1 N–H and O–H groups in total. The molecule has 5 rings (SSSR count). The molecular formula is C33H39N3O6. The van der Waals surface area contributed by atoms with Gasteiger partial charge in [-0.05, 0) is 77.8 Å². The Balaban J connectivity index is 1.45. The van der Waals surface area contributed by atoms with Crippen molar-refractivity contribution in [2.24, 2.45) is 0 Å². The molecule has 0 radical (unpaired) electrons. The minimum Gasteiger partial charge on any atom is -0.493 e. The van der Waals surface area contributed by atoms with E-state index in [-0.39, 0.29) is 24.5 Å². The van der Waals surface area contributed by atoms with Gasteiger partial charge in [-0.3, -0.25) is 9.69 Å². The number of nitrogens with one attached hydrogen (secondary N) is 1. The van der Waals surface area contributed by atoms with E-state index in [0.717, 1.165) is 36.0 Å². The lowest BCUT2D eigenvalue weighted by molar-refractivity contribution is -0.123. The Morgan fingerprint density at radius 1 is 0.857 bits per heavy atom. The van der Waals surface area contributed by atoms with Crippen LogP contribution in [0.1, 0.15) is 46.3 Å². The lowest BCUT2D eigenvalue weighted by Crippen LogP contribution is -2.44. The zero-order valence-electron chi connectivity index (χ0n) is 24.9. The Morgan fingerprint density at radius 3 is 2.33 bits per heavy atom. The van der Waals surface area contributed by atoms with E-state index in [4.69, 9.17) is 18.9 Å². The van der Waals surface area contributed by atoms with E-state index >= 15 is 0 Å². The summed E-state index contributed by atoms with van der Waals surface area (Å²) in [5.74, 6) is 2.14. The van der Waals surface area contributed by atoms with Gasteiger partial charge in [0.2, 0.25) is 5.91 Å². The molecule has 1 aliphatic heterocycles. The molecule has 1 aliphatic carbocycles. The molecule has 42 heavy (non-hydrogen) atoms. The molecule has 0 bridgehead atoms. The molecule has 2 aliphatic rings. The van der Waals surface area contributed by atoms with Crippen LogP contribution in [-0.2, 0) is 24.1 Å². The van der Waals surface area contributed by atoms with Crippen molar-refractivity contribution < 1.29 is 28.5 Å². The highest BCUT2D eigenvalue weighted by Crippen LogP contribution is 2.41. The molecule has 2 amide bonds. The standard InChI is InChI=1S/C33H39N3O6/c1-35(2)33(38)42-31-19-25-23(18-30(31)41-5)14-15-36(27(25)16-21-10-13-28(39-3)29(17-21)40-4)20-32(37)34-26-12-11-22-8-6-7-9-24(22)26/h6-10,13,17-19,26-27H,11-12,14-16,20H2,1-5H3,(H,34,37). The van der Waals surface area contributed by atoms with E-state index in [1.54, 1.807) is 35.4 Å². The van der Waals surface area contributed by atoms with Gasteiger partial charge in [-0.2, -0.15) is 0 Å². The van der Waals surface area contributed by atoms with Gasteiger partial charge >= 0.3 is 6.09 Å². The Kier molecular flexibility index (Phi) is 8.87. The first-order chi connectivity index (χ1) is 20.3. The predicted octanol–water partition coefficient (Wildman–Crippen LogP) is 4.72. The lowest BCUT2D eigenvalue weighted by Gasteiger charge is -2.38. The molecule has 2 unspecified atom stereocenters. The van der Waals surface area contributed by atoms with Gasteiger partial charge in [-0.15, -0.1) is 0 Å². The second-order valence-corrected chi connectivity index (χ2v) is 11.0. The molecule has 3 aromatic rings. The lowest BCUT2D eigenvalue weighted by atomic mass is 9.88. The van der Waals surface area contributed by atoms with Crippen LogP contribution in [0.3, 0.4) is 0 Å². The minimum absolute atomic E-state index is 0.00904. The molecule has 0 saturated carbocycles. The van der Waals surface area contributed by atoms with E-state index in [0.29, 0.717) is 36.0 Å². The summed E-state index contributed by atoms with van der Waals surface area (Å²) in [6.07, 6.45) is 2.73. The summed E-state index contributed by atoms with van der Waals surface area (Å²) in [6.45, 7) is 0.939. The maximum atomic E-state index is 13.5. The maximum Gasteiger partial charge on any atom is 0.414 e. The van der Waals surface area contributed by atoms with Gasteiger partial charge in [0, 0.05) is 26.7 Å². The van der Waals surface area contributed by atoms with Crippen LogP contribution in [0.5, 0.6) is 23.0 Å². The highest BCUT2D eigenvalue weighted by Gasteiger charge is 2.32. The smallest absolute Gasteiger partial charge is 0.414 e. The summed E-state index contributed by atoms with van der Waals surface area (Å²) in [4.78, 5) is 29.5. The number of carbonyl (C=O) groups is 2. The van der Waals surface area contributed by atoms with Crippen molar-refractivity contribution in [1.82, 2.24) is 15.1 Å². The normalized spacial score (nSPS) is 17.5. The van der Waals surface area contributed by atoms with Crippen molar-refractivity contribution >= 4 is 12.0 Å². The van der Waals surface area contributed by atoms with Gasteiger partial charge in [0.05, 0.1) is 33.9 Å². The summed E-state index contributed by atoms with van der Waals surface area (Å²) in [7, 11) is 8.07. The third-order valence-corrected chi connectivity index (χ3v) is 8.15. The second kappa shape index (κ2) is 12.7. The van der Waals surface area contributed by atoms with Crippen LogP contribution >= 0.6 is 0 Å². The van der Waals surface area contributed by atoms with E-state index in [1.165, 1.54) is 16.0 Å². The third-order valence-electron chi connectivity index (χ3n) is 8.15. The van der Waals surface area contributed by atoms with Crippen molar-refractivity contribution in [2.75, 3.05) is 48.5 Å². The van der Waals surface area contributed by atoms with E-state index in [2.05, 4.69) is 22.3 Å². The fourth-order valence-corrected chi connectivity index (χ4v) is 5.98. The summed E-state index contributed by atoms with van der Waals surface area (Å²) >= 11 is 0. The average Bonchev–Trinajstić information content (AvgIpc) is 3.40. The number of hydrogen-bond donors (Lipinski definition) is 1. The topological polar surface area (TPSA) is 89.6 Å². The van der Waals surface area contributed by atoms with Gasteiger partial charge in [0.1, 0.15) is 0 Å². The molecule has 2 atom stereocenters. The molecule has 0 aromatic heterocycles. The largest absolute Gasteiger partial charge is 0.493 e. The van der Waals surface area contributed by atoms with Crippen LogP contribution in [0.15, 0.2) is 54.6 Å². The monoisotopic (exact) mass is 573 g/mol. The van der Waals surface area contributed by atoms with Gasteiger partial charge in [0.15, 0.2) is 23.0 Å². The number of ether oxygens (including phenoxy) is 4. The average molecular weight is 574 g/mol. The molecule has 3 aromatic carbocycles. The van der Waals surface area contributed by atoms with Crippen molar-refractivity contribution in [2.45, 2.75) is 37.8 Å². The van der Waals surface area contributed by atoms with Crippen molar-refractivity contribution in [3.8, 4) is 23.0 Å². The van der Waals surface area contributed by atoms with Crippen LogP contribution in [-0.4, -0.2) is 70.3 Å². The number of methoxy groups -OCH3 is 3. The van der Waals surface area contributed by atoms with Crippen LogP contribution in [0.2, 0.25) is 0 Å². The first-order valence-corrected chi connectivity index (χ1v) is 14.2. The molecule has 1 heterocycles. The van der Waals surface area contributed by atoms with Crippen molar-refractivity contribution in [1.29, 1.82) is 0 Å². The molecule has 222 valence electrons. The van der Waals surface area contributed by atoms with Crippen molar-refractivity contribution in [3.05, 3.63) is 82.4 Å². The molecular weight excluding hydrogens is 534 g/mol. The number of benzene rings is 3. The number of fused-ring (bicyclic) bond motifs is 2. The van der Waals surface area contributed by atoms with Gasteiger partial charge in [-0.1, -0.05) is 30.3 Å². The first kappa shape index (κ1) is 29.3. The second-order valence-electron chi connectivity index (χ2n) is 11.0. The first-order valence-electron chi connectivity index (χ1n) is 14.2. The summed E-state index contributed by atoms with van der Waals surface area (Å²) in [5, 5.41) is 3.28. The van der Waals surface area contributed by atoms with Gasteiger partial charge in [0.25, 0.3) is 0 Å². The predicted molar refractivity (Wildman–Crippen MR) is 160 cm³/mol. The fraction of sp³-hybridized carbons (Fsp3) is 0.394. The highest BCUT2D eigenvalue weighted by molar-refractivity contribution is 5.79. The Morgan fingerprint density at radius 2 is 1.60 bits per heavy atom. The number of rotatable bonds is 9. The van der Waals surface area contributed by atoms with Crippen LogP contribution in [0, 0.1) is 0 Å². The number of aryl methyl sites for hydroxylation is 1. The fourth-order valence-electron chi connectivity index (χ4n) is 5.98. The van der Waals surface area contributed by atoms with Crippen molar-refractivity contribution in [3.63, 3.8) is 0 Å². The molecule has 0 saturated heterocycles. The zero-order chi connectivity index (χ0) is 29.8. The number of hydrogen-bond acceptors (Lipinski definition) is 7. The molecule has 9 nitrogen and oxygen atoms in total. The summed E-state index contributed by atoms with van der Waals surface area (Å²) in [6, 6.07) is 17.9. The molecule has 0 spiro atoms. The molecule has 9 heteroatoms. The minimum atomic E-state index is -0.492. The number of amides is 2. The van der Waals surface area contributed by atoms with E-state index in [9.17, 15) is 9.59 Å². The SMILES string of the molecule is COc1ccc(CC2c3cc(OC(=O)N(C)C)c(OC)cc3CCN2CC(=O)NC2CCc3ccccc32)cc1OC. The summed E-state index contributed by atoms with van der Waals surface area (Å²) < 4.78 is 22.3. The summed E-state index contributed by atoms with van der Waals surface area (Å²) in [5.41, 5.74) is 5.63.